The maximum absolute atomic E-state index is 8.96. The van der Waals surface area contributed by atoms with E-state index in [0.717, 1.165) is 23.8 Å². The third kappa shape index (κ3) is 1.86. The molecule has 2 rings (SSSR count). The molecule has 0 aromatic carbocycles. The standard InChI is InChI=1S/C15H24O/c1-11(10-16)5-4-8-15(3)12(2)13-6-7-14(15)9-13/h5,13-14,16H,2,4,6-10H2,1,3H3/b11-5+. The van der Waals surface area contributed by atoms with E-state index in [1.54, 1.807) is 0 Å². The molecule has 0 aliphatic heterocycles. The molecule has 0 aromatic heterocycles. The molecule has 0 saturated heterocycles. The van der Waals surface area contributed by atoms with E-state index in [-0.39, 0.29) is 6.61 Å². The second-order valence-corrected chi connectivity index (χ2v) is 5.90. The summed E-state index contributed by atoms with van der Waals surface area (Å²) in [6, 6.07) is 0. The highest BCUT2D eigenvalue weighted by Gasteiger charge is 2.49. The van der Waals surface area contributed by atoms with Crippen molar-refractivity contribution in [3.8, 4) is 0 Å². The van der Waals surface area contributed by atoms with Crippen LogP contribution in [0.2, 0.25) is 0 Å². The molecule has 1 heteroatoms. The van der Waals surface area contributed by atoms with Gasteiger partial charge in [-0.3, -0.25) is 0 Å². The summed E-state index contributed by atoms with van der Waals surface area (Å²) in [5, 5.41) is 8.96. The first-order chi connectivity index (χ1) is 7.58. The lowest BCUT2D eigenvalue weighted by Crippen LogP contribution is -2.26. The smallest absolute Gasteiger partial charge is 0.0639 e. The summed E-state index contributed by atoms with van der Waals surface area (Å²) in [7, 11) is 0. The zero-order valence-corrected chi connectivity index (χ0v) is 10.6. The van der Waals surface area contributed by atoms with Gasteiger partial charge in [-0.05, 0) is 56.3 Å². The lowest BCUT2D eigenvalue weighted by molar-refractivity contribution is 0.240. The third-order valence-electron chi connectivity index (χ3n) is 4.97. The van der Waals surface area contributed by atoms with E-state index in [2.05, 4.69) is 19.6 Å². The van der Waals surface area contributed by atoms with Crippen LogP contribution >= 0.6 is 0 Å². The molecule has 2 aliphatic carbocycles. The molecule has 90 valence electrons. The van der Waals surface area contributed by atoms with Gasteiger partial charge in [-0.25, -0.2) is 0 Å². The molecule has 2 bridgehead atoms. The Balaban J connectivity index is 1.96. The average molecular weight is 220 g/mol. The molecule has 3 atom stereocenters. The van der Waals surface area contributed by atoms with Crippen LogP contribution in [0.5, 0.6) is 0 Å². The number of hydrogen-bond donors (Lipinski definition) is 1. The highest BCUT2D eigenvalue weighted by atomic mass is 16.3. The summed E-state index contributed by atoms with van der Waals surface area (Å²) in [5.74, 6) is 1.70. The van der Waals surface area contributed by atoms with Gasteiger partial charge in [-0.1, -0.05) is 30.7 Å². The van der Waals surface area contributed by atoms with Crippen molar-refractivity contribution in [3.05, 3.63) is 23.8 Å². The first-order valence-corrected chi connectivity index (χ1v) is 6.53. The molecule has 0 heterocycles. The fourth-order valence-corrected chi connectivity index (χ4v) is 3.65. The van der Waals surface area contributed by atoms with Crippen molar-refractivity contribution in [3.63, 3.8) is 0 Å². The Kier molecular flexibility index (Phi) is 3.25. The summed E-state index contributed by atoms with van der Waals surface area (Å²) in [4.78, 5) is 0. The van der Waals surface area contributed by atoms with E-state index < -0.39 is 0 Å². The van der Waals surface area contributed by atoms with Crippen molar-refractivity contribution in [2.75, 3.05) is 6.61 Å². The number of fused-ring (bicyclic) bond motifs is 2. The minimum absolute atomic E-state index is 0.198. The fraction of sp³-hybridized carbons (Fsp3) is 0.733. The zero-order valence-electron chi connectivity index (χ0n) is 10.6. The zero-order chi connectivity index (χ0) is 11.8. The second-order valence-electron chi connectivity index (χ2n) is 5.90. The minimum atomic E-state index is 0.198. The molecule has 16 heavy (non-hydrogen) atoms. The summed E-state index contributed by atoms with van der Waals surface area (Å²) >= 11 is 0. The van der Waals surface area contributed by atoms with E-state index in [9.17, 15) is 0 Å². The monoisotopic (exact) mass is 220 g/mol. The molecule has 2 saturated carbocycles. The summed E-state index contributed by atoms with van der Waals surface area (Å²) < 4.78 is 0. The normalized spacial score (nSPS) is 38.4. The van der Waals surface area contributed by atoms with Crippen molar-refractivity contribution >= 4 is 0 Å². The Morgan fingerprint density at radius 3 is 2.88 bits per heavy atom. The maximum Gasteiger partial charge on any atom is 0.0639 e. The Morgan fingerprint density at radius 1 is 1.56 bits per heavy atom. The van der Waals surface area contributed by atoms with Crippen LogP contribution in [0.1, 0.15) is 46.0 Å². The lowest BCUT2D eigenvalue weighted by atomic mass is 9.69. The second kappa shape index (κ2) is 4.37. The van der Waals surface area contributed by atoms with Crippen molar-refractivity contribution in [2.24, 2.45) is 17.3 Å². The predicted octanol–water partition coefficient (Wildman–Crippen LogP) is 3.70. The van der Waals surface area contributed by atoms with Crippen LogP contribution in [-0.4, -0.2) is 11.7 Å². The van der Waals surface area contributed by atoms with Crippen molar-refractivity contribution in [1.82, 2.24) is 0 Å². The molecule has 0 radical (unpaired) electrons. The quantitative estimate of drug-likeness (QED) is 0.716. The van der Waals surface area contributed by atoms with Crippen molar-refractivity contribution in [2.45, 2.75) is 46.0 Å². The summed E-state index contributed by atoms with van der Waals surface area (Å²) in [6.45, 7) is 8.94. The van der Waals surface area contributed by atoms with Crippen LogP contribution in [0, 0.1) is 17.3 Å². The highest BCUT2D eigenvalue weighted by molar-refractivity contribution is 5.24. The van der Waals surface area contributed by atoms with E-state index >= 15 is 0 Å². The number of hydrogen-bond acceptors (Lipinski definition) is 1. The average Bonchev–Trinajstić information content (AvgIpc) is 2.83. The number of aliphatic hydroxyl groups excluding tert-OH is 1. The molecule has 0 amide bonds. The van der Waals surface area contributed by atoms with E-state index in [1.165, 1.54) is 31.3 Å². The first-order valence-electron chi connectivity index (χ1n) is 6.53. The Hall–Kier alpha value is -0.560. The van der Waals surface area contributed by atoms with E-state index in [0.29, 0.717) is 5.41 Å². The number of allylic oxidation sites excluding steroid dienone is 2. The Labute approximate surface area is 99.3 Å². The van der Waals surface area contributed by atoms with Gasteiger partial charge in [-0.15, -0.1) is 0 Å². The highest BCUT2D eigenvalue weighted by Crippen LogP contribution is 2.60. The van der Waals surface area contributed by atoms with Crippen LogP contribution in [0.15, 0.2) is 23.8 Å². The van der Waals surface area contributed by atoms with E-state index in [1.807, 2.05) is 6.92 Å². The maximum atomic E-state index is 8.96. The largest absolute Gasteiger partial charge is 0.392 e. The fourth-order valence-electron chi connectivity index (χ4n) is 3.65. The summed E-state index contributed by atoms with van der Waals surface area (Å²) in [6.07, 6.45) is 8.66. The van der Waals surface area contributed by atoms with Crippen LogP contribution in [0.25, 0.3) is 0 Å². The molecular formula is C15H24O. The molecule has 2 aliphatic rings. The Bertz CT molecular complexity index is 315. The van der Waals surface area contributed by atoms with Gasteiger partial charge in [0, 0.05) is 0 Å². The van der Waals surface area contributed by atoms with Crippen LogP contribution in [0.4, 0.5) is 0 Å². The molecule has 2 fully saturated rings. The minimum Gasteiger partial charge on any atom is -0.392 e. The molecular weight excluding hydrogens is 196 g/mol. The Morgan fingerprint density at radius 2 is 2.31 bits per heavy atom. The van der Waals surface area contributed by atoms with Gasteiger partial charge in [0.2, 0.25) is 0 Å². The molecule has 3 unspecified atom stereocenters. The topological polar surface area (TPSA) is 20.2 Å². The molecule has 1 N–H and O–H groups in total. The van der Waals surface area contributed by atoms with Gasteiger partial charge < -0.3 is 5.11 Å². The predicted molar refractivity (Wildman–Crippen MR) is 68.2 cm³/mol. The van der Waals surface area contributed by atoms with Gasteiger partial charge in [0.25, 0.3) is 0 Å². The van der Waals surface area contributed by atoms with Gasteiger partial charge in [0.05, 0.1) is 6.61 Å². The van der Waals surface area contributed by atoms with Crippen molar-refractivity contribution in [1.29, 1.82) is 0 Å². The summed E-state index contributed by atoms with van der Waals surface area (Å²) in [5.41, 5.74) is 2.99. The van der Waals surface area contributed by atoms with Crippen LogP contribution in [-0.2, 0) is 0 Å². The van der Waals surface area contributed by atoms with Gasteiger partial charge >= 0.3 is 0 Å². The van der Waals surface area contributed by atoms with Gasteiger partial charge in [0.15, 0.2) is 0 Å². The van der Waals surface area contributed by atoms with Crippen LogP contribution < -0.4 is 0 Å². The molecule has 0 spiro atoms. The SMILES string of the molecule is C=C1C2CCC(C2)C1(C)CC/C=C(\C)CO. The third-order valence-corrected chi connectivity index (χ3v) is 4.97. The number of rotatable bonds is 4. The van der Waals surface area contributed by atoms with E-state index in [4.69, 9.17) is 5.11 Å². The number of aliphatic hydroxyl groups is 1. The van der Waals surface area contributed by atoms with Crippen molar-refractivity contribution < 1.29 is 5.11 Å². The lowest BCUT2D eigenvalue weighted by Gasteiger charge is -2.36. The molecule has 0 aromatic rings. The van der Waals surface area contributed by atoms with Crippen LogP contribution in [0.3, 0.4) is 0 Å². The molecule has 1 nitrogen and oxygen atoms in total. The first kappa shape index (κ1) is 11.9. The van der Waals surface area contributed by atoms with Gasteiger partial charge in [0.1, 0.15) is 0 Å². The van der Waals surface area contributed by atoms with Gasteiger partial charge in [-0.2, -0.15) is 0 Å².